The van der Waals surface area contributed by atoms with Gasteiger partial charge in [-0.05, 0) is 26.2 Å². The van der Waals surface area contributed by atoms with Gasteiger partial charge in [0.1, 0.15) is 0 Å². The van der Waals surface area contributed by atoms with Gasteiger partial charge in [0.05, 0.1) is 19.3 Å². The first-order chi connectivity index (χ1) is 8.49. The molecule has 1 N–H and O–H groups in total. The Bertz CT molecular complexity index is 328. The molecule has 0 bridgehead atoms. The molecule has 5 nitrogen and oxygen atoms in total. The Morgan fingerprint density at radius 1 is 1.17 bits per heavy atom. The van der Waals surface area contributed by atoms with Crippen molar-refractivity contribution in [3.63, 3.8) is 0 Å². The van der Waals surface area contributed by atoms with Crippen LogP contribution in [0.4, 0.5) is 4.79 Å². The largest absolute Gasteiger partial charge is 0.456 e. The van der Waals surface area contributed by atoms with E-state index in [0.717, 1.165) is 0 Å². The van der Waals surface area contributed by atoms with Crippen molar-refractivity contribution in [2.24, 2.45) is 5.92 Å². The molecule has 0 rings (SSSR count). The smallest absolute Gasteiger partial charge is 0.408 e. The standard InChI is InChI=1S/C13H21NO4/c1-5-17-12(15)8-7-11(9-10(3)4)14-13(16)18-6-2/h10-11H,5-6,9H2,1-4H3,(H,14,16)/t11-/m1/s1. The van der Waals surface area contributed by atoms with Gasteiger partial charge in [0.25, 0.3) is 0 Å². The average Bonchev–Trinajstić information content (AvgIpc) is 2.26. The van der Waals surface area contributed by atoms with Crippen LogP contribution in [0.15, 0.2) is 0 Å². The summed E-state index contributed by atoms with van der Waals surface area (Å²) in [4.78, 5) is 22.4. The summed E-state index contributed by atoms with van der Waals surface area (Å²) < 4.78 is 9.47. The van der Waals surface area contributed by atoms with Gasteiger partial charge in [-0.1, -0.05) is 19.8 Å². The summed E-state index contributed by atoms with van der Waals surface area (Å²) in [5.74, 6) is 4.80. The van der Waals surface area contributed by atoms with Crippen molar-refractivity contribution >= 4 is 12.1 Å². The van der Waals surface area contributed by atoms with Crippen molar-refractivity contribution in [3.05, 3.63) is 0 Å². The van der Waals surface area contributed by atoms with Gasteiger partial charge in [0.15, 0.2) is 0 Å². The molecule has 0 saturated heterocycles. The van der Waals surface area contributed by atoms with Crippen LogP contribution in [0.25, 0.3) is 0 Å². The number of amides is 1. The van der Waals surface area contributed by atoms with E-state index in [9.17, 15) is 9.59 Å². The molecule has 1 atom stereocenters. The molecule has 0 aliphatic heterocycles. The van der Waals surface area contributed by atoms with Crippen LogP contribution in [0.5, 0.6) is 0 Å². The maximum atomic E-state index is 11.3. The topological polar surface area (TPSA) is 64.6 Å². The van der Waals surface area contributed by atoms with Crippen LogP contribution in [0.1, 0.15) is 34.1 Å². The third-order valence-corrected chi connectivity index (χ3v) is 1.90. The zero-order valence-corrected chi connectivity index (χ0v) is 11.4. The van der Waals surface area contributed by atoms with Crippen molar-refractivity contribution in [1.82, 2.24) is 5.32 Å². The highest BCUT2D eigenvalue weighted by Crippen LogP contribution is 2.04. The van der Waals surface area contributed by atoms with Gasteiger partial charge in [-0.25, -0.2) is 9.59 Å². The minimum absolute atomic E-state index is 0.285. The van der Waals surface area contributed by atoms with Crippen LogP contribution in [0.3, 0.4) is 0 Å². The number of rotatable bonds is 5. The number of nitrogens with one attached hydrogen (secondary N) is 1. The Hall–Kier alpha value is -1.70. The highest BCUT2D eigenvalue weighted by molar-refractivity contribution is 5.88. The third kappa shape index (κ3) is 8.45. The van der Waals surface area contributed by atoms with Crippen LogP contribution < -0.4 is 5.32 Å². The lowest BCUT2D eigenvalue weighted by Crippen LogP contribution is -2.35. The minimum atomic E-state index is -0.586. The zero-order valence-electron chi connectivity index (χ0n) is 11.4. The fourth-order valence-electron chi connectivity index (χ4n) is 1.25. The summed E-state index contributed by atoms with van der Waals surface area (Å²) in [6.07, 6.45) is 0.118. The second kappa shape index (κ2) is 9.34. The van der Waals surface area contributed by atoms with E-state index in [1.165, 1.54) is 0 Å². The third-order valence-electron chi connectivity index (χ3n) is 1.90. The fraction of sp³-hybridized carbons (Fsp3) is 0.692. The van der Waals surface area contributed by atoms with Crippen LogP contribution in [-0.4, -0.2) is 31.3 Å². The van der Waals surface area contributed by atoms with Gasteiger partial charge in [-0.2, -0.15) is 0 Å². The fourth-order valence-corrected chi connectivity index (χ4v) is 1.25. The van der Waals surface area contributed by atoms with Crippen LogP contribution >= 0.6 is 0 Å². The predicted molar refractivity (Wildman–Crippen MR) is 67.8 cm³/mol. The summed E-state index contributed by atoms with van der Waals surface area (Å²) >= 11 is 0. The molecule has 0 aromatic heterocycles. The number of hydrogen-bond acceptors (Lipinski definition) is 4. The number of carbonyl (C=O) groups is 2. The molecule has 0 fully saturated rings. The summed E-state index contributed by atoms with van der Waals surface area (Å²) in [6.45, 7) is 8.03. The summed E-state index contributed by atoms with van der Waals surface area (Å²) in [5, 5.41) is 2.60. The van der Waals surface area contributed by atoms with Crippen LogP contribution in [-0.2, 0) is 14.3 Å². The van der Waals surface area contributed by atoms with Crippen molar-refractivity contribution in [3.8, 4) is 11.8 Å². The molecule has 102 valence electrons. The molecule has 0 saturated carbocycles. The van der Waals surface area contributed by atoms with Gasteiger partial charge in [-0.3, -0.25) is 0 Å². The van der Waals surface area contributed by atoms with Gasteiger partial charge in [0.2, 0.25) is 0 Å². The quantitative estimate of drug-likeness (QED) is 0.461. The molecular formula is C13H21NO4. The van der Waals surface area contributed by atoms with E-state index >= 15 is 0 Å². The molecule has 0 aliphatic carbocycles. The molecule has 5 heteroatoms. The summed E-state index contributed by atoms with van der Waals surface area (Å²) in [7, 11) is 0. The Balaban J connectivity index is 4.48. The van der Waals surface area contributed by atoms with Gasteiger partial charge in [0, 0.05) is 5.92 Å². The lowest BCUT2D eigenvalue weighted by Gasteiger charge is -2.14. The molecule has 0 spiro atoms. The van der Waals surface area contributed by atoms with Crippen LogP contribution in [0, 0.1) is 17.8 Å². The molecule has 0 radical (unpaired) electrons. The van der Waals surface area contributed by atoms with Crippen LogP contribution in [0.2, 0.25) is 0 Å². The van der Waals surface area contributed by atoms with Gasteiger partial charge in [-0.15, -0.1) is 0 Å². The molecular weight excluding hydrogens is 234 g/mol. The molecule has 0 heterocycles. The first-order valence-corrected chi connectivity index (χ1v) is 6.11. The normalized spacial score (nSPS) is 11.2. The predicted octanol–water partition coefficient (Wildman–Crippen LogP) is 1.71. The van der Waals surface area contributed by atoms with E-state index < -0.39 is 18.1 Å². The Morgan fingerprint density at radius 3 is 2.28 bits per heavy atom. The SMILES string of the molecule is CCOC(=O)C#C[C@H](CC(C)C)NC(=O)OCC. The summed E-state index contributed by atoms with van der Waals surface area (Å²) in [6, 6.07) is -0.409. The molecule has 0 aromatic rings. The zero-order chi connectivity index (χ0) is 14.0. The maximum Gasteiger partial charge on any atom is 0.408 e. The highest BCUT2D eigenvalue weighted by atomic mass is 16.5. The lowest BCUT2D eigenvalue weighted by molar-refractivity contribution is -0.136. The first kappa shape index (κ1) is 16.3. The second-order valence-electron chi connectivity index (χ2n) is 4.04. The van der Waals surface area contributed by atoms with Gasteiger partial charge < -0.3 is 14.8 Å². The molecule has 0 aliphatic rings. The first-order valence-electron chi connectivity index (χ1n) is 6.11. The van der Waals surface area contributed by atoms with Crippen molar-refractivity contribution in [1.29, 1.82) is 0 Å². The Morgan fingerprint density at radius 2 is 1.78 bits per heavy atom. The number of alkyl carbamates (subject to hydrolysis) is 1. The molecule has 18 heavy (non-hydrogen) atoms. The average molecular weight is 255 g/mol. The second-order valence-corrected chi connectivity index (χ2v) is 4.04. The number of carbonyl (C=O) groups excluding carboxylic acids is 2. The molecule has 1 amide bonds. The number of esters is 1. The molecule has 0 unspecified atom stereocenters. The van der Waals surface area contributed by atoms with Gasteiger partial charge >= 0.3 is 12.1 Å². The molecule has 0 aromatic carbocycles. The minimum Gasteiger partial charge on any atom is -0.456 e. The monoisotopic (exact) mass is 255 g/mol. The number of ether oxygens (including phenoxy) is 2. The van der Waals surface area contributed by atoms with E-state index in [4.69, 9.17) is 9.47 Å². The lowest BCUT2D eigenvalue weighted by atomic mass is 10.0. The maximum absolute atomic E-state index is 11.3. The van der Waals surface area contributed by atoms with Crippen molar-refractivity contribution < 1.29 is 19.1 Å². The van der Waals surface area contributed by atoms with E-state index in [0.29, 0.717) is 18.9 Å². The van der Waals surface area contributed by atoms with E-state index in [1.807, 2.05) is 13.8 Å². The van der Waals surface area contributed by atoms with E-state index in [2.05, 4.69) is 17.2 Å². The Kier molecular flexibility index (Phi) is 8.46. The highest BCUT2D eigenvalue weighted by Gasteiger charge is 2.12. The van der Waals surface area contributed by atoms with E-state index in [1.54, 1.807) is 13.8 Å². The van der Waals surface area contributed by atoms with Crippen molar-refractivity contribution in [2.75, 3.05) is 13.2 Å². The Labute approximate surface area is 108 Å². The number of hydrogen-bond donors (Lipinski definition) is 1. The van der Waals surface area contributed by atoms with E-state index in [-0.39, 0.29) is 6.61 Å². The van der Waals surface area contributed by atoms with Crippen molar-refractivity contribution in [2.45, 2.75) is 40.2 Å². The summed E-state index contributed by atoms with van der Waals surface area (Å²) in [5.41, 5.74) is 0.